The number of ether oxygens (including phenoxy) is 1. The molecule has 2 rings (SSSR count). The number of hydrogen-bond acceptors (Lipinski definition) is 4. The molecule has 1 amide bonds. The maximum atomic E-state index is 12.0. The number of nitrogens with one attached hydrogen (secondary N) is 1. The van der Waals surface area contributed by atoms with Gasteiger partial charge in [0.2, 0.25) is 5.91 Å². The highest BCUT2D eigenvalue weighted by atomic mass is 16.5. The van der Waals surface area contributed by atoms with Gasteiger partial charge in [0.25, 0.3) is 0 Å². The number of aromatic nitrogens is 2. The second-order valence-electron chi connectivity index (χ2n) is 5.46. The molecule has 21 heavy (non-hydrogen) atoms. The van der Waals surface area contributed by atoms with Gasteiger partial charge >= 0.3 is 0 Å². The third kappa shape index (κ3) is 4.82. The molecular formula is C15H26N4O2. The topological polar surface area (TPSA) is 59.4 Å². The summed E-state index contributed by atoms with van der Waals surface area (Å²) in [7, 11) is 0. The van der Waals surface area contributed by atoms with E-state index in [0.717, 1.165) is 25.2 Å². The van der Waals surface area contributed by atoms with Crippen molar-refractivity contribution in [2.45, 2.75) is 39.3 Å². The van der Waals surface area contributed by atoms with Crippen molar-refractivity contribution in [2.24, 2.45) is 0 Å². The van der Waals surface area contributed by atoms with E-state index >= 15 is 0 Å². The number of hydrogen-bond donors (Lipinski definition) is 1. The number of amides is 1. The second-order valence-corrected chi connectivity index (χ2v) is 5.46. The quantitative estimate of drug-likeness (QED) is 0.768. The average Bonchev–Trinajstić information content (AvgIpc) is 3.00. The molecule has 1 aromatic rings. The molecule has 0 spiro atoms. The molecule has 1 unspecified atom stereocenters. The van der Waals surface area contributed by atoms with Crippen LogP contribution in [0.4, 0.5) is 0 Å². The lowest BCUT2D eigenvalue weighted by Gasteiger charge is -2.26. The predicted molar refractivity (Wildman–Crippen MR) is 81.0 cm³/mol. The normalized spacial score (nSPS) is 17.0. The Morgan fingerprint density at radius 3 is 2.95 bits per heavy atom. The molecule has 0 radical (unpaired) electrons. The van der Waals surface area contributed by atoms with Gasteiger partial charge in [0.1, 0.15) is 0 Å². The smallest absolute Gasteiger partial charge is 0.224 e. The van der Waals surface area contributed by atoms with Gasteiger partial charge in [-0.25, -0.2) is 0 Å². The predicted octanol–water partition coefficient (Wildman–Crippen LogP) is 1.19. The minimum Gasteiger partial charge on any atom is -0.378 e. The molecule has 0 bridgehead atoms. The summed E-state index contributed by atoms with van der Waals surface area (Å²) < 4.78 is 7.24. The molecule has 0 saturated carbocycles. The highest BCUT2D eigenvalue weighted by molar-refractivity contribution is 5.76. The SMILES string of the molecule is CCC(C)n1ccc(CNCCC(=O)N2CCOCC2)n1. The molecule has 1 aliphatic heterocycles. The second kappa shape index (κ2) is 8.14. The van der Waals surface area contributed by atoms with Crippen LogP contribution < -0.4 is 5.32 Å². The largest absolute Gasteiger partial charge is 0.378 e. The Hall–Kier alpha value is -1.40. The van der Waals surface area contributed by atoms with Crippen molar-refractivity contribution in [1.29, 1.82) is 0 Å². The first-order valence-corrected chi connectivity index (χ1v) is 7.81. The lowest BCUT2D eigenvalue weighted by molar-refractivity contribution is -0.135. The zero-order chi connectivity index (χ0) is 15.1. The zero-order valence-corrected chi connectivity index (χ0v) is 13.0. The maximum Gasteiger partial charge on any atom is 0.224 e. The van der Waals surface area contributed by atoms with E-state index in [1.807, 2.05) is 21.8 Å². The third-order valence-corrected chi connectivity index (χ3v) is 3.89. The fourth-order valence-electron chi connectivity index (χ4n) is 2.29. The first-order valence-electron chi connectivity index (χ1n) is 7.81. The van der Waals surface area contributed by atoms with Gasteiger partial charge in [0, 0.05) is 44.8 Å². The van der Waals surface area contributed by atoms with Gasteiger partial charge < -0.3 is 15.0 Å². The molecule has 2 heterocycles. The molecular weight excluding hydrogens is 268 g/mol. The first-order chi connectivity index (χ1) is 10.2. The van der Waals surface area contributed by atoms with Crippen LogP contribution in [0.25, 0.3) is 0 Å². The highest BCUT2D eigenvalue weighted by Crippen LogP contribution is 2.09. The summed E-state index contributed by atoms with van der Waals surface area (Å²) in [6.45, 7) is 8.47. The van der Waals surface area contributed by atoms with E-state index in [1.165, 1.54) is 0 Å². The molecule has 1 fully saturated rings. The molecule has 1 aromatic heterocycles. The fraction of sp³-hybridized carbons (Fsp3) is 0.733. The van der Waals surface area contributed by atoms with Crippen LogP contribution >= 0.6 is 0 Å². The summed E-state index contributed by atoms with van der Waals surface area (Å²) in [6, 6.07) is 2.46. The molecule has 6 nitrogen and oxygen atoms in total. The van der Waals surface area contributed by atoms with Gasteiger partial charge in [0.05, 0.1) is 18.9 Å². The lowest BCUT2D eigenvalue weighted by Crippen LogP contribution is -2.41. The van der Waals surface area contributed by atoms with Gasteiger partial charge in [-0.3, -0.25) is 9.48 Å². The van der Waals surface area contributed by atoms with Crippen molar-refractivity contribution in [3.8, 4) is 0 Å². The molecule has 0 aliphatic carbocycles. The van der Waals surface area contributed by atoms with Crippen LogP contribution in [0.15, 0.2) is 12.3 Å². The summed E-state index contributed by atoms with van der Waals surface area (Å²) in [4.78, 5) is 13.8. The van der Waals surface area contributed by atoms with Crippen molar-refractivity contribution in [3.05, 3.63) is 18.0 Å². The Bertz CT molecular complexity index is 441. The van der Waals surface area contributed by atoms with Crippen molar-refractivity contribution in [2.75, 3.05) is 32.8 Å². The molecule has 1 atom stereocenters. The number of nitrogens with zero attached hydrogens (tertiary/aromatic N) is 3. The van der Waals surface area contributed by atoms with E-state index in [9.17, 15) is 4.79 Å². The Kier molecular flexibility index (Phi) is 6.20. The Morgan fingerprint density at radius 1 is 1.48 bits per heavy atom. The van der Waals surface area contributed by atoms with Crippen LogP contribution in [0.2, 0.25) is 0 Å². The van der Waals surface area contributed by atoms with E-state index in [0.29, 0.717) is 38.8 Å². The fourth-order valence-corrected chi connectivity index (χ4v) is 2.29. The van der Waals surface area contributed by atoms with Crippen LogP contribution in [0.1, 0.15) is 38.4 Å². The van der Waals surface area contributed by atoms with Gasteiger partial charge in [-0.15, -0.1) is 0 Å². The van der Waals surface area contributed by atoms with Gasteiger partial charge in [0.15, 0.2) is 0 Å². The maximum absolute atomic E-state index is 12.0. The minimum absolute atomic E-state index is 0.205. The van der Waals surface area contributed by atoms with Gasteiger partial charge in [-0.2, -0.15) is 5.10 Å². The Balaban J connectivity index is 1.65. The number of morpholine rings is 1. The summed E-state index contributed by atoms with van der Waals surface area (Å²) in [5.41, 5.74) is 1.02. The number of rotatable bonds is 7. The molecule has 0 aromatic carbocycles. The van der Waals surface area contributed by atoms with Crippen LogP contribution in [-0.2, 0) is 16.1 Å². The Labute approximate surface area is 126 Å². The zero-order valence-electron chi connectivity index (χ0n) is 13.0. The van der Waals surface area contributed by atoms with Crippen LogP contribution in [-0.4, -0.2) is 53.4 Å². The summed E-state index contributed by atoms with van der Waals surface area (Å²) in [6.07, 6.45) is 3.62. The average molecular weight is 294 g/mol. The summed E-state index contributed by atoms with van der Waals surface area (Å²) in [5.74, 6) is 0.205. The summed E-state index contributed by atoms with van der Waals surface area (Å²) in [5, 5.41) is 7.82. The molecule has 1 saturated heterocycles. The van der Waals surface area contributed by atoms with Gasteiger partial charge in [-0.1, -0.05) is 6.92 Å². The van der Waals surface area contributed by atoms with Crippen molar-refractivity contribution >= 4 is 5.91 Å². The number of carbonyl (C=O) groups excluding carboxylic acids is 1. The van der Waals surface area contributed by atoms with Crippen molar-refractivity contribution in [3.63, 3.8) is 0 Å². The lowest BCUT2D eigenvalue weighted by atomic mass is 10.3. The van der Waals surface area contributed by atoms with E-state index in [4.69, 9.17) is 4.74 Å². The standard InChI is InChI=1S/C15H26N4O2/c1-3-13(2)19-7-5-14(17-19)12-16-6-4-15(20)18-8-10-21-11-9-18/h5,7,13,16H,3-4,6,8-12H2,1-2H3. The van der Waals surface area contributed by atoms with Crippen LogP contribution in [0.5, 0.6) is 0 Å². The highest BCUT2D eigenvalue weighted by Gasteiger charge is 2.15. The molecule has 1 N–H and O–H groups in total. The first kappa shape index (κ1) is 16.0. The van der Waals surface area contributed by atoms with E-state index < -0.39 is 0 Å². The third-order valence-electron chi connectivity index (χ3n) is 3.89. The molecule has 118 valence electrons. The van der Waals surface area contributed by atoms with E-state index in [1.54, 1.807) is 0 Å². The van der Waals surface area contributed by atoms with Crippen molar-refractivity contribution < 1.29 is 9.53 Å². The van der Waals surface area contributed by atoms with E-state index in [2.05, 4.69) is 24.3 Å². The number of carbonyl (C=O) groups is 1. The minimum atomic E-state index is 0.205. The Morgan fingerprint density at radius 2 is 2.24 bits per heavy atom. The molecule has 1 aliphatic rings. The van der Waals surface area contributed by atoms with Gasteiger partial charge in [-0.05, 0) is 19.4 Å². The van der Waals surface area contributed by atoms with Crippen LogP contribution in [0.3, 0.4) is 0 Å². The summed E-state index contributed by atoms with van der Waals surface area (Å²) >= 11 is 0. The van der Waals surface area contributed by atoms with Crippen molar-refractivity contribution in [1.82, 2.24) is 20.0 Å². The van der Waals surface area contributed by atoms with E-state index in [-0.39, 0.29) is 5.91 Å². The monoisotopic (exact) mass is 294 g/mol. The molecule has 6 heteroatoms. The van der Waals surface area contributed by atoms with Crippen LogP contribution in [0, 0.1) is 0 Å².